The summed E-state index contributed by atoms with van der Waals surface area (Å²) in [5.41, 5.74) is 0.859. The molecule has 0 bridgehead atoms. The molecule has 2 atom stereocenters. The molecule has 3 nitrogen and oxygen atoms in total. The average Bonchev–Trinajstić information content (AvgIpc) is 2.44. The fourth-order valence-electron chi connectivity index (χ4n) is 1.98. The van der Waals surface area contributed by atoms with Gasteiger partial charge in [0.25, 0.3) is 0 Å². The minimum absolute atomic E-state index is 0.0601. The van der Waals surface area contributed by atoms with Crippen molar-refractivity contribution >= 4 is 5.97 Å². The fourth-order valence-corrected chi connectivity index (χ4v) is 1.98. The maximum absolute atomic E-state index is 11.1. The number of methoxy groups -OCH3 is 2. The van der Waals surface area contributed by atoms with Crippen LogP contribution in [-0.2, 0) is 14.3 Å². The topological polar surface area (TPSA) is 35.5 Å². The van der Waals surface area contributed by atoms with Crippen LogP contribution in [0.1, 0.15) is 53.9 Å². The highest BCUT2D eigenvalue weighted by Crippen LogP contribution is 2.26. The van der Waals surface area contributed by atoms with Crippen LogP contribution in [0.3, 0.4) is 0 Å². The zero-order valence-corrected chi connectivity index (χ0v) is 14.7. The van der Waals surface area contributed by atoms with Crippen molar-refractivity contribution in [1.82, 2.24) is 0 Å². The van der Waals surface area contributed by atoms with Gasteiger partial charge in [-0.05, 0) is 51.0 Å². The van der Waals surface area contributed by atoms with E-state index in [0.29, 0.717) is 11.8 Å². The van der Waals surface area contributed by atoms with E-state index in [9.17, 15) is 4.79 Å². The Morgan fingerprint density at radius 1 is 1.19 bits per heavy atom. The van der Waals surface area contributed by atoms with E-state index < -0.39 is 0 Å². The van der Waals surface area contributed by atoms with Crippen LogP contribution in [0.15, 0.2) is 23.8 Å². The molecule has 2 unspecified atom stereocenters. The third-order valence-corrected chi connectivity index (χ3v) is 4.27. The van der Waals surface area contributed by atoms with Crippen molar-refractivity contribution in [1.29, 1.82) is 0 Å². The molecule has 0 aliphatic carbocycles. The molecule has 0 saturated heterocycles. The number of hydrogen-bond donors (Lipinski definition) is 0. The van der Waals surface area contributed by atoms with Crippen molar-refractivity contribution in [2.24, 2.45) is 11.8 Å². The fraction of sp³-hybridized carbons (Fsp3) is 0.722. The molecule has 0 N–H and O–H groups in total. The number of carbonyl (C=O) groups excluding carboxylic acids is 1. The van der Waals surface area contributed by atoms with Gasteiger partial charge in [-0.25, -0.2) is 4.79 Å². The van der Waals surface area contributed by atoms with E-state index >= 15 is 0 Å². The highest BCUT2D eigenvalue weighted by molar-refractivity contribution is 5.83. The van der Waals surface area contributed by atoms with E-state index in [4.69, 9.17) is 4.74 Å². The van der Waals surface area contributed by atoms with Gasteiger partial charge >= 0.3 is 5.97 Å². The van der Waals surface area contributed by atoms with Gasteiger partial charge in [-0.1, -0.05) is 32.4 Å². The van der Waals surface area contributed by atoms with Gasteiger partial charge in [-0.2, -0.15) is 0 Å². The Morgan fingerprint density at radius 2 is 1.81 bits per heavy atom. The predicted molar refractivity (Wildman–Crippen MR) is 88.2 cm³/mol. The second-order valence-electron chi connectivity index (χ2n) is 6.44. The zero-order chi connectivity index (χ0) is 16.5. The van der Waals surface area contributed by atoms with Gasteiger partial charge in [-0.15, -0.1) is 0 Å². The molecular weight excluding hydrogens is 264 g/mol. The van der Waals surface area contributed by atoms with Gasteiger partial charge < -0.3 is 9.47 Å². The minimum Gasteiger partial charge on any atom is -0.466 e. The number of hydrogen-bond acceptors (Lipinski definition) is 3. The molecule has 0 rings (SSSR count). The van der Waals surface area contributed by atoms with E-state index in [0.717, 1.165) is 18.4 Å². The molecule has 0 radical (unpaired) electrons. The van der Waals surface area contributed by atoms with Gasteiger partial charge in [0.1, 0.15) is 0 Å². The summed E-state index contributed by atoms with van der Waals surface area (Å²) in [5.74, 6) is 0.859. The van der Waals surface area contributed by atoms with Crippen molar-refractivity contribution in [3.63, 3.8) is 0 Å². The van der Waals surface area contributed by atoms with Gasteiger partial charge in [0.2, 0.25) is 0 Å². The quantitative estimate of drug-likeness (QED) is 0.356. The normalized spacial score (nSPS) is 16.0. The van der Waals surface area contributed by atoms with Crippen molar-refractivity contribution in [3.05, 3.63) is 23.8 Å². The van der Waals surface area contributed by atoms with E-state index in [-0.39, 0.29) is 11.6 Å². The third-order valence-electron chi connectivity index (χ3n) is 4.27. The highest BCUT2D eigenvalue weighted by atomic mass is 16.5. The smallest absolute Gasteiger partial charge is 0.330 e. The Balaban J connectivity index is 4.14. The van der Waals surface area contributed by atoms with Crippen LogP contribution in [-0.4, -0.2) is 25.8 Å². The number of carbonyl (C=O) groups is 1. The minimum atomic E-state index is -0.305. The predicted octanol–water partition coefficient (Wildman–Crippen LogP) is 4.53. The summed E-state index contributed by atoms with van der Waals surface area (Å²) >= 11 is 0. The van der Waals surface area contributed by atoms with Crippen molar-refractivity contribution in [3.8, 4) is 0 Å². The first kappa shape index (κ1) is 19.9. The molecular formula is C18H32O3. The number of rotatable bonds is 9. The molecule has 0 aromatic carbocycles. The van der Waals surface area contributed by atoms with Gasteiger partial charge in [0.15, 0.2) is 0 Å². The molecule has 122 valence electrons. The molecule has 0 fully saturated rings. The summed E-state index contributed by atoms with van der Waals surface area (Å²) in [7, 11) is 3.17. The summed E-state index contributed by atoms with van der Waals surface area (Å²) in [4.78, 5) is 11.1. The van der Waals surface area contributed by atoms with Gasteiger partial charge in [0, 0.05) is 13.2 Å². The summed E-state index contributed by atoms with van der Waals surface area (Å²) in [5, 5.41) is 0. The largest absolute Gasteiger partial charge is 0.466 e. The molecule has 0 aliphatic rings. The number of ether oxygens (including phenoxy) is 2. The summed E-state index contributed by atoms with van der Waals surface area (Å²) < 4.78 is 10.1. The van der Waals surface area contributed by atoms with Crippen molar-refractivity contribution in [2.45, 2.75) is 59.5 Å². The third kappa shape index (κ3) is 8.71. The molecule has 0 amide bonds. The standard InChI is InChI=1S/C18H32O3/c1-14(11-12-16(3)18(4,5)21-7)9-8-10-15(2)13-17(19)20-6/h8,10,13-14,16H,9,11-12H2,1-7H3/b10-8+,15-13+. The molecule has 0 heterocycles. The Bertz CT molecular complexity index is 367. The lowest BCUT2D eigenvalue weighted by atomic mass is 9.85. The van der Waals surface area contributed by atoms with E-state index in [1.54, 1.807) is 7.11 Å². The average molecular weight is 296 g/mol. The van der Waals surface area contributed by atoms with Crippen LogP contribution in [0.25, 0.3) is 0 Å². The van der Waals surface area contributed by atoms with Crippen LogP contribution in [0.4, 0.5) is 0 Å². The maximum Gasteiger partial charge on any atom is 0.330 e. The van der Waals surface area contributed by atoms with Crippen LogP contribution in [0.2, 0.25) is 0 Å². The molecule has 21 heavy (non-hydrogen) atoms. The molecule has 0 aromatic heterocycles. The lowest BCUT2D eigenvalue weighted by Crippen LogP contribution is -2.31. The van der Waals surface area contributed by atoms with Crippen molar-refractivity contribution < 1.29 is 14.3 Å². The Kier molecular flexibility index (Phi) is 9.27. The SMILES string of the molecule is COC(=O)/C=C(C)/C=C/CC(C)CCC(C)C(C)(C)OC. The van der Waals surface area contributed by atoms with Crippen LogP contribution >= 0.6 is 0 Å². The first-order valence-electron chi connectivity index (χ1n) is 7.70. The van der Waals surface area contributed by atoms with E-state index in [2.05, 4.69) is 38.5 Å². The first-order valence-corrected chi connectivity index (χ1v) is 7.70. The highest BCUT2D eigenvalue weighted by Gasteiger charge is 2.24. The summed E-state index contributed by atoms with van der Waals surface area (Å²) in [6, 6.07) is 0. The van der Waals surface area contributed by atoms with E-state index in [1.165, 1.54) is 19.6 Å². The second-order valence-corrected chi connectivity index (χ2v) is 6.44. The van der Waals surface area contributed by atoms with Gasteiger partial charge in [-0.3, -0.25) is 0 Å². The molecule has 0 spiro atoms. The summed E-state index contributed by atoms with van der Waals surface area (Å²) in [6.45, 7) is 10.7. The molecule has 0 aromatic rings. The Labute approximate surface area is 130 Å². The van der Waals surface area contributed by atoms with E-state index in [1.807, 2.05) is 13.0 Å². The van der Waals surface area contributed by atoms with Crippen LogP contribution < -0.4 is 0 Å². The number of allylic oxidation sites excluding steroid dienone is 3. The van der Waals surface area contributed by atoms with Gasteiger partial charge in [0.05, 0.1) is 12.7 Å². The Hall–Kier alpha value is -1.09. The first-order chi connectivity index (χ1) is 9.72. The monoisotopic (exact) mass is 296 g/mol. The van der Waals surface area contributed by atoms with Crippen LogP contribution in [0, 0.1) is 11.8 Å². The van der Waals surface area contributed by atoms with Crippen molar-refractivity contribution in [2.75, 3.05) is 14.2 Å². The Morgan fingerprint density at radius 3 is 2.33 bits per heavy atom. The van der Waals surface area contributed by atoms with Crippen LogP contribution in [0.5, 0.6) is 0 Å². The number of esters is 1. The summed E-state index contributed by atoms with van der Waals surface area (Å²) in [6.07, 6.45) is 8.98. The second kappa shape index (κ2) is 9.78. The molecule has 0 aliphatic heterocycles. The maximum atomic E-state index is 11.1. The molecule has 3 heteroatoms. The zero-order valence-electron chi connectivity index (χ0n) is 14.7. The lowest BCUT2D eigenvalue weighted by Gasteiger charge is -2.31. The molecule has 0 saturated carbocycles. The lowest BCUT2D eigenvalue weighted by molar-refractivity contribution is -0.134.